The fourth-order valence-corrected chi connectivity index (χ4v) is 3.32. The average Bonchev–Trinajstić information content (AvgIpc) is 2.64. The molecule has 1 aliphatic carbocycles. The Kier molecular flexibility index (Phi) is 6.50. The van der Waals surface area contributed by atoms with Crippen LogP contribution in [0.2, 0.25) is 0 Å². The van der Waals surface area contributed by atoms with Crippen LogP contribution in [-0.2, 0) is 0 Å². The van der Waals surface area contributed by atoms with Crippen LogP contribution in [-0.4, -0.2) is 38.6 Å². The molecular weight excluding hydrogens is 208 g/mol. The number of hydrogen-bond donors (Lipinski definition) is 1. The maximum Gasteiger partial charge on any atom is 0.000791 e. The van der Waals surface area contributed by atoms with Gasteiger partial charge < -0.3 is 10.2 Å². The van der Waals surface area contributed by atoms with Gasteiger partial charge >= 0.3 is 0 Å². The first-order valence-corrected chi connectivity index (χ1v) is 7.39. The van der Waals surface area contributed by atoms with Crippen LogP contribution in [0.3, 0.4) is 0 Å². The number of nitrogens with one attached hydrogen (secondary N) is 1. The highest BCUT2D eigenvalue weighted by atomic mass is 15.1. The molecule has 17 heavy (non-hydrogen) atoms. The molecule has 0 spiro atoms. The molecular formula is C15H32N2. The minimum absolute atomic E-state index is 0.631. The van der Waals surface area contributed by atoms with Gasteiger partial charge in [0, 0.05) is 6.54 Å². The lowest BCUT2D eigenvalue weighted by atomic mass is 9.78. The van der Waals surface area contributed by atoms with Gasteiger partial charge in [0.25, 0.3) is 0 Å². The van der Waals surface area contributed by atoms with Crippen molar-refractivity contribution >= 4 is 0 Å². The van der Waals surface area contributed by atoms with Crippen molar-refractivity contribution in [1.82, 2.24) is 10.2 Å². The summed E-state index contributed by atoms with van der Waals surface area (Å²) in [5.41, 5.74) is 0.631. The van der Waals surface area contributed by atoms with Crippen molar-refractivity contribution in [3.63, 3.8) is 0 Å². The van der Waals surface area contributed by atoms with E-state index in [0.29, 0.717) is 5.41 Å². The van der Waals surface area contributed by atoms with Gasteiger partial charge in [-0.05, 0) is 64.2 Å². The predicted octanol–water partition coefficient (Wildman–Crippen LogP) is 3.13. The van der Waals surface area contributed by atoms with E-state index in [1.807, 2.05) is 0 Å². The highest BCUT2D eigenvalue weighted by Gasteiger charge is 2.33. The molecule has 0 radical (unpaired) electrons. The first-order chi connectivity index (χ1) is 8.04. The molecule has 0 heterocycles. The summed E-state index contributed by atoms with van der Waals surface area (Å²) in [5.74, 6) is 0.844. The summed E-state index contributed by atoms with van der Waals surface area (Å²) in [6.07, 6.45) is 8.48. The molecule has 0 unspecified atom stereocenters. The normalized spacial score (nSPS) is 19.4. The molecule has 1 fully saturated rings. The molecule has 0 aromatic rings. The van der Waals surface area contributed by atoms with E-state index in [9.17, 15) is 0 Å². The maximum absolute atomic E-state index is 3.70. The molecule has 1 aliphatic rings. The smallest absolute Gasteiger partial charge is 0.000791 e. The quantitative estimate of drug-likeness (QED) is 0.656. The maximum atomic E-state index is 3.70. The van der Waals surface area contributed by atoms with Crippen molar-refractivity contribution < 1.29 is 0 Å². The number of nitrogens with zero attached hydrogens (tertiary/aromatic N) is 1. The summed E-state index contributed by atoms with van der Waals surface area (Å²) >= 11 is 0. The third kappa shape index (κ3) is 5.87. The standard InChI is InChI=1S/C15H32N2/c1-14(2)12-15(8-5-6-9-15)13-16-10-7-11-17(3)4/h14,16H,5-13H2,1-4H3. The molecule has 2 nitrogen and oxygen atoms in total. The molecule has 0 amide bonds. The number of rotatable bonds is 8. The van der Waals surface area contributed by atoms with Gasteiger partial charge in [-0.1, -0.05) is 26.7 Å². The van der Waals surface area contributed by atoms with Crippen LogP contribution in [0.5, 0.6) is 0 Å². The van der Waals surface area contributed by atoms with Gasteiger partial charge in [0.15, 0.2) is 0 Å². The second-order valence-electron chi connectivity index (χ2n) is 6.64. The van der Waals surface area contributed by atoms with E-state index in [1.165, 1.54) is 58.2 Å². The Hall–Kier alpha value is -0.0800. The summed E-state index contributed by atoms with van der Waals surface area (Å²) in [6, 6.07) is 0. The lowest BCUT2D eigenvalue weighted by molar-refractivity contribution is 0.223. The number of hydrogen-bond acceptors (Lipinski definition) is 2. The van der Waals surface area contributed by atoms with Crippen LogP contribution >= 0.6 is 0 Å². The second kappa shape index (κ2) is 7.38. The molecule has 2 heteroatoms. The lowest BCUT2D eigenvalue weighted by Gasteiger charge is -2.31. The van der Waals surface area contributed by atoms with Crippen molar-refractivity contribution in [2.24, 2.45) is 11.3 Å². The summed E-state index contributed by atoms with van der Waals surface area (Å²) < 4.78 is 0. The Balaban J connectivity index is 2.21. The lowest BCUT2D eigenvalue weighted by Crippen LogP contribution is -2.34. The van der Waals surface area contributed by atoms with Crippen molar-refractivity contribution in [2.45, 2.75) is 52.4 Å². The predicted molar refractivity (Wildman–Crippen MR) is 76.4 cm³/mol. The monoisotopic (exact) mass is 240 g/mol. The third-order valence-electron chi connectivity index (χ3n) is 3.96. The highest BCUT2D eigenvalue weighted by molar-refractivity contribution is 4.87. The van der Waals surface area contributed by atoms with E-state index in [4.69, 9.17) is 0 Å². The first-order valence-electron chi connectivity index (χ1n) is 7.39. The third-order valence-corrected chi connectivity index (χ3v) is 3.96. The van der Waals surface area contributed by atoms with Crippen molar-refractivity contribution in [1.29, 1.82) is 0 Å². The Morgan fingerprint density at radius 3 is 2.35 bits per heavy atom. The summed E-state index contributed by atoms with van der Waals surface area (Å²) in [5, 5.41) is 3.70. The van der Waals surface area contributed by atoms with E-state index in [-0.39, 0.29) is 0 Å². The fraction of sp³-hybridized carbons (Fsp3) is 1.00. The zero-order valence-corrected chi connectivity index (χ0v) is 12.4. The first kappa shape index (κ1) is 15.0. The molecule has 1 N–H and O–H groups in total. The molecule has 0 aromatic heterocycles. The average molecular weight is 240 g/mol. The van der Waals surface area contributed by atoms with Crippen LogP contribution in [0.4, 0.5) is 0 Å². The van der Waals surface area contributed by atoms with Gasteiger partial charge in [0.2, 0.25) is 0 Å². The van der Waals surface area contributed by atoms with Gasteiger partial charge in [-0.25, -0.2) is 0 Å². The van der Waals surface area contributed by atoms with Gasteiger partial charge in [-0.2, -0.15) is 0 Å². The van der Waals surface area contributed by atoms with Crippen LogP contribution < -0.4 is 5.32 Å². The van der Waals surface area contributed by atoms with Crippen molar-refractivity contribution in [3.8, 4) is 0 Å². The second-order valence-corrected chi connectivity index (χ2v) is 6.64. The van der Waals surface area contributed by atoms with Gasteiger partial charge in [-0.15, -0.1) is 0 Å². The SMILES string of the molecule is CC(C)CC1(CNCCCN(C)C)CCCC1. The van der Waals surface area contributed by atoms with Gasteiger partial charge in [-0.3, -0.25) is 0 Å². The Morgan fingerprint density at radius 1 is 1.18 bits per heavy atom. The summed E-state index contributed by atoms with van der Waals surface area (Å²) in [4.78, 5) is 2.27. The molecule has 0 atom stereocenters. The Morgan fingerprint density at radius 2 is 1.82 bits per heavy atom. The topological polar surface area (TPSA) is 15.3 Å². The zero-order chi connectivity index (χ0) is 12.7. The van der Waals surface area contributed by atoms with Crippen LogP contribution in [0.15, 0.2) is 0 Å². The minimum atomic E-state index is 0.631. The minimum Gasteiger partial charge on any atom is -0.316 e. The van der Waals surface area contributed by atoms with Gasteiger partial charge in [0.1, 0.15) is 0 Å². The molecule has 102 valence electrons. The van der Waals surface area contributed by atoms with Crippen molar-refractivity contribution in [2.75, 3.05) is 33.7 Å². The largest absolute Gasteiger partial charge is 0.316 e. The van der Waals surface area contributed by atoms with E-state index in [0.717, 1.165) is 5.92 Å². The van der Waals surface area contributed by atoms with Crippen LogP contribution in [0.1, 0.15) is 52.4 Å². The van der Waals surface area contributed by atoms with E-state index < -0.39 is 0 Å². The Labute approximate surface area is 108 Å². The van der Waals surface area contributed by atoms with Crippen LogP contribution in [0, 0.1) is 11.3 Å². The molecule has 1 rings (SSSR count). The van der Waals surface area contributed by atoms with Crippen LogP contribution in [0.25, 0.3) is 0 Å². The van der Waals surface area contributed by atoms with E-state index in [2.05, 4.69) is 38.2 Å². The van der Waals surface area contributed by atoms with E-state index >= 15 is 0 Å². The van der Waals surface area contributed by atoms with Gasteiger partial charge in [0.05, 0.1) is 0 Å². The van der Waals surface area contributed by atoms with E-state index in [1.54, 1.807) is 0 Å². The molecule has 0 aromatic carbocycles. The molecule has 0 bridgehead atoms. The highest BCUT2D eigenvalue weighted by Crippen LogP contribution is 2.42. The molecule has 0 saturated heterocycles. The fourth-order valence-electron chi connectivity index (χ4n) is 3.32. The summed E-state index contributed by atoms with van der Waals surface area (Å²) in [7, 11) is 4.30. The van der Waals surface area contributed by atoms with Crippen molar-refractivity contribution in [3.05, 3.63) is 0 Å². The zero-order valence-electron chi connectivity index (χ0n) is 12.4. The molecule has 1 saturated carbocycles. The Bertz CT molecular complexity index is 193. The molecule has 0 aliphatic heterocycles. The summed E-state index contributed by atoms with van der Waals surface area (Å²) in [6.45, 7) is 8.36.